The van der Waals surface area contributed by atoms with E-state index < -0.39 is 23.9 Å². The molecule has 0 aliphatic rings. The zero-order chi connectivity index (χ0) is 13.1. The fraction of sp³-hybridized carbons (Fsp3) is 0.500. The topological polar surface area (TPSA) is 71.2 Å². The van der Waals surface area contributed by atoms with Gasteiger partial charge in [-0.25, -0.2) is 4.98 Å². The van der Waals surface area contributed by atoms with Crippen molar-refractivity contribution in [1.29, 1.82) is 0 Å². The third-order valence-electron chi connectivity index (χ3n) is 2.24. The Morgan fingerprint density at radius 1 is 1.53 bits per heavy atom. The molecule has 1 heterocycles. The number of aromatic nitrogens is 1. The Balaban J connectivity index is 2.78. The molecule has 17 heavy (non-hydrogen) atoms. The summed E-state index contributed by atoms with van der Waals surface area (Å²) in [6.45, 7) is 1.48. The van der Waals surface area contributed by atoms with Crippen molar-refractivity contribution >= 4 is 5.82 Å². The molecular formula is C10H14F3N3O. The molecular weight excluding hydrogens is 235 g/mol. The number of rotatable bonds is 4. The number of nitrogens with zero attached hydrogens (tertiary/aromatic N) is 1. The normalized spacial score (nSPS) is 15.4. The highest BCUT2D eigenvalue weighted by Crippen LogP contribution is 2.33. The molecule has 96 valence electrons. The summed E-state index contributed by atoms with van der Waals surface area (Å²) in [5.74, 6) is -0.281. The van der Waals surface area contributed by atoms with Crippen molar-refractivity contribution in [2.75, 3.05) is 11.9 Å². The van der Waals surface area contributed by atoms with E-state index in [-0.39, 0.29) is 12.4 Å². The minimum Gasteiger partial charge on any atom is -0.392 e. The van der Waals surface area contributed by atoms with Crippen LogP contribution in [0.3, 0.4) is 0 Å². The first-order valence-corrected chi connectivity index (χ1v) is 5.02. The summed E-state index contributed by atoms with van der Waals surface area (Å²) >= 11 is 0. The molecule has 2 unspecified atom stereocenters. The van der Waals surface area contributed by atoms with Crippen molar-refractivity contribution in [3.63, 3.8) is 0 Å². The highest BCUT2D eigenvalue weighted by atomic mass is 19.4. The quantitative estimate of drug-likeness (QED) is 0.750. The monoisotopic (exact) mass is 249 g/mol. The molecule has 0 amide bonds. The van der Waals surface area contributed by atoms with Crippen molar-refractivity contribution in [3.05, 3.63) is 23.9 Å². The van der Waals surface area contributed by atoms with E-state index in [0.29, 0.717) is 0 Å². The van der Waals surface area contributed by atoms with Crippen LogP contribution in [0, 0.1) is 0 Å². The lowest BCUT2D eigenvalue weighted by molar-refractivity contribution is -0.137. The Hall–Kier alpha value is -1.34. The minimum absolute atomic E-state index is 0.0117. The molecule has 0 spiro atoms. The summed E-state index contributed by atoms with van der Waals surface area (Å²) in [5, 5.41) is 11.6. The molecule has 1 aromatic rings. The number of alkyl halides is 3. The Morgan fingerprint density at radius 2 is 2.18 bits per heavy atom. The zero-order valence-electron chi connectivity index (χ0n) is 9.20. The van der Waals surface area contributed by atoms with Crippen LogP contribution in [-0.4, -0.2) is 28.8 Å². The molecule has 0 aromatic carbocycles. The third-order valence-corrected chi connectivity index (χ3v) is 2.24. The van der Waals surface area contributed by atoms with Gasteiger partial charge >= 0.3 is 6.18 Å². The van der Waals surface area contributed by atoms with Gasteiger partial charge < -0.3 is 16.2 Å². The molecule has 4 N–H and O–H groups in total. The summed E-state index contributed by atoms with van der Waals surface area (Å²) in [7, 11) is 0. The summed E-state index contributed by atoms with van der Waals surface area (Å²) in [6.07, 6.45) is -4.02. The lowest BCUT2D eigenvalue weighted by Gasteiger charge is -2.18. The number of hydrogen-bond donors (Lipinski definition) is 3. The SMILES string of the molecule is CC(O)C(N)CNc1ncccc1C(F)(F)F. The molecule has 4 nitrogen and oxygen atoms in total. The van der Waals surface area contributed by atoms with Gasteiger partial charge in [0.15, 0.2) is 0 Å². The van der Waals surface area contributed by atoms with E-state index in [9.17, 15) is 13.2 Å². The zero-order valence-corrected chi connectivity index (χ0v) is 9.20. The smallest absolute Gasteiger partial charge is 0.392 e. The van der Waals surface area contributed by atoms with Crippen molar-refractivity contribution in [2.45, 2.75) is 25.2 Å². The standard InChI is InChI=1S/C10H14F3N3O/c1-6(17)8(14)5-16-9-7(10(11,12)13)3-2-4-15-9/h2-4,6,8,17H,5,14H2,1H3,(H,15,16). The predicted octanol–water partition coefficient (Wildman–Crippen LogP) is 1.22. The maximum absolute atomic E-state index is 12.6. The molecule has 0 aliphatic carbocycles. The molecule has 0 fully saturated rings. The molecule has 7 heteroatoms. The molecule has 0 aliphatic heterocycles. The second kappa shape index (κ2) is 5.33. The van der Waals surface area contributed by atoms with Gasteiger partial charge in [0.1, 0.15) is 5.82 Å². The van der Waals surface area contributed by atoms with Gasteiger partial charge in [-0.15, -0.1) is 0 Å². The van der Waals surface area contributed by atoms with E-state index in [4.69, 9.17) is 10.8 Å². The lowest BCUT2D eigenvalue weighted by atomic mass is 10.2. The molecule has 1 rings (SSSR count). The number of anilines is 1. The predicted molar refractivity (Wildman–Crippen MR) is 57.4 cm³/mol. The first-order valence-electron chi connectivity index (χ1n) is 5.02. The summed E-state index contributed by atoms with van der Waals surface area (Å²) in [5.41, 5.74) is 4.65. The number of pyridine rings is 1. The van der Waals surface area contributed by atoms with Crippen LogP contribution in [-0.2, 0) is 6.18 Å². The molecule has 2 atom stereocenters. The number of aliphatic hydroxyl groups excluding tert-OH is 1. The molecule has 0 bridgehead atoms. The Bertz CT molecular complexity index is 368. The van der Waals surface area contributed by atoms with E-state index in [1.807, 2.05) is 0 Å². The Kier molecular flexibility index (Phi) is 4.30. The van der Waals surface area contributed by atoms with Crippen LogP contribution < -0.4 is 11.1 Å². The first-order chi connectivity index (χ1) is 7.82. The van der Waals surface area contributed by atoms with Crippen LogP contribution in [0.25, 0.3) is 0 Å². The van der Waals surface area contributed by atoms with Gasteiger partial charge in [0.05, 0.1) is 11.7 Å². The number of nitrogens with two attached hydrogens (primary N) is 1. The van der Waals surface area contributed by atoms with Crippen LogP contribution in [0.5, 0.6) is 0 Å². The number of nitrogens with one attached hydrogen (secondary N) is 1. The van der Waals surface area contributed by atoms with Crippen molar-refractivity contribution in [3.8, 4) is 0 Å². The van der Waals surface area contributed by atoms with Gasteiger partial charge in [-0.3, -0.25) is 0 Å². The highest BCUT2D eigenvalue weighted by Gasteiger charge is 2.34. The van der Waals surface area contributed by atoms with Crippen molar-refractivity contribution < 1.29 is 18.3 Å². The van der Waals surface area contributed by atoms with Gasteiger partial charge in [0, 0.05) is 18.8 Å². The average molecular weight is 249 g/mol. The van der Waals surface area contributed by atoms with Crippen LogP contribution in [0.1, 0.15) is 12.5 Å². The van der Waals surface area contributed by atoms with Gasteiger partial charge in [0.25, 0.3) is 0 Å². The van der Waals surface area contributed by atoms with Crippen LogP contribution in [0.15, 0.2) is 18.3 Å². The van der Waals surface area contributed by atoms with Crippen molar-refractivity contribution in [2.24, 2.45) is 5.73 Å². The number of halogens is 3. The van der Waals surface area contributed by atoms with Crippen LogP contribution in [0.4, 0.5) is 19.0 Å². The van der Waals surface area contributed by atoms with E-state index >= 15 is 0 Å². The van der Waals surface area contributed by atoms with E-state index in [2.05, 4.69) is 10.3 Å². The Morgan fingerprint density at radius 3 is 2.71 bits per heavy atom. The van der Waals surface area contributed by atoms with Crippen LogP contribution in [0.2, 0.25) is 0 Å². The first kappa shape index (κ1) is 13.7. The van der Waals surface area contributed by atoms with Gasteiger partial charge in [-0.1, -0.05) is 0 Å². The highest BCUT2D eigenvalue weighted by molar-refractivity contribution is 5.45. The largest absolute Gasteiger partial charge is 0.419 e. The molecule has 1 aromatic heterocycles. The van der Waals surface area contributed by atoms with Crippen LogP contribution >= 0.6 is 0 Å². The van der Waals surface area contributed by atoms with E-state index in [1.165, 1.54) is 19.2 Å². The molecule has 0 saturated heterocycles. The summed E-state index contributed by atoms with van der Waals surface area (Å²) in [6, 6.07) is 1.49. The van der Waals surface area contributed by atoms with Gasteiger partial charge in [-0.2, -0.15) is 13.2 Å². The maximum Gasteiger partial charge on any atom is 0.419 e. The van der Waals surface area contributed by atoms with E-state index in [1.54, 1.807) is 0 Å². The summed E-state index contributed by atoms with van der Waals surface area (Å²) in [4.78, 5) is 3.61. The second-order valence-corrected chi connectivity index (χ2v) is 3.68. The fourth-order valence-electron chi connectivity index (χ4n) is 1.16. The molecule has 0 saturated carbocycles. The number of aliphatic hydroxyl groups is 1. The number of hydrogen-bond acceptors (Lipinski definition) is 4. The Labute approximate surface area is 96.7 Å². The fourth-order valence-corrected chi connectivity index (χ4v) is 1.16. The average Bonchev–Trinajstić information content (AvgIpc) is 2.24. The second-order valence-electron chi connectivity index (χ2n) is 3.68. The van der Waals surface area contributed by atoms with Gasteiger partial charge in [0.2, 0.25) is 0 Å². The maximum atomic E-state index is 12.6. The van der Waals surface area contributed by atoms with Crippen molar-refractivity contribution in [1.82, 2.24) is 4.98 Å². The van der Waals surface area contributed by atoms with Gasteiger partial charge in [-0.05, 0) is 19.1 Å². The lowest BCUT2D eigenvalue weighted by Crippen LogP contribution is -2.39. The minimum atomic E-state index is -4.47. The summed E-state index contributed by atoms with van der Waals surface area (Å²) < 4.78 is 37.7. The van der Waals surface area contributed by atoms with E-state index in [0.717, 1.165) is 6.07 Å². The molecule has 0 radical (unpaired) electrons. The third kappa shape index (κ3) is 3.86.